The minimum Gasteiger partial charge on any atom is -0.489 e. The van der Waals surface area contributed by atoms with Gasteiger partial charge in [0, 0.05) is 41.7 Å². The van der Waals surface area contributed by atoms with Crippen molar-refractivity contribution in [1.29, 1.82) is 0 Å². The summed E-state index contributed by atoms with van der Waals surface area (Å²) in [4.78, 5) is 26.4. The topological polar surface area (TPSA) is 97.9 Å². The lowest BCUT2D eigenvalue weighted by molar-refractivity contribution is -0.138. The molecule has 9 heteroatoms. The third-order valence-corrected chi connectivity index (χ3v) is 6.73. The number of ether oxygens (including phenoxy) is 3. The largest absolute Gasteiger partial charge is 0.489 e. The van der Waals surface area contributed by atoms with Gasteiger partial charge in [-0.1, -0.05) is 48.5 Å². The Morgan fingerprint density at radius 2 is 1.60 bits per heavy atom. The number of benzene rings is 2. The molecule has 5 rings (SSSR count). The smallest absolute Gasteiger partial charge is 0.336 e. The molecular weight excluding hydrogens is 530 g/mol. The highest BCUT2D eigenvalue weighted by molar-refractivity contribution is 6.02. The van der Waals surface area contributed by atoms with Crippen LogP contribution in [-0.4, -0.2) is 50.8 Å². The molecule has 8 nitrogen and oxygen atoms in total. The molecule has 2 heterocycles. The summed E-state index contributed by atoms with van der Waals surface area (Å²) in [6.45, 7) is 9.95. The lowest BCUT2D eigenvalue weighted by Gasteiger charge is -2.31. The third kappa shape index (κ3) is 8.34. The summed E-state index contributed by atoms with van der Waals surface area (Å²) < 4.78 is 16.6. The van der Waals surface area contributed by atoms with Crippen molar-refractivity contribution in [3.63, 3.8) is 0 Å². The Morgan fingerprint density at radius 3 is 2.20 bits per heavy atom. The third-order valence-electron chi connectivity index (χ3n) is 6.73. The highest BCUT2D eigenvalue weighted by Gasteiger charge is 2.39. The van der Waals surface area contributed by atoms with E-state index in [0.717, 1.165) is 56.0 Å². The van der Waals surface area contributed by atoms with Crippen molar-refractivity contribution in [3.8, 4) is 5.75 Å². The Kier molecular flexibility index (Phi) is 12.1. The standard InChI is InChI=1S/C27H30N2O4.C4H9NO.ClH/c1-4-32-27(31)24-18(3)28-17(2)23(26(30)29-20-14-15-20)25(24)21-12-8-9-13-22(21)33-16-19-10-6-5-7-11-19;1-3-6-4-2-5-1;/h5-13,20,25,28H,4,14-16H2,1-3H3,(H,29,30);5H,1-4H2;1H. The minimum absolute atomic E-state index is 0. The van der Waals surface area contributed by atoms with E-state index in [1.54, 1.807) is 6.92 Å². The molecule has 3 N–H and O–H groups in total. The molecule has 3 aliphatic rings. The molecule has 0 radical (unpaired) electrons. The van der Waals surface area contributed by atoms with Gasteiger partial charge in [-0.3, -0.25) is 4.79 Å². The van der Waals surface area contributed by atoms with Gasteiger partial charge in [0.25, 0.3) is 0 Å². The Labute approximate surface area is 242 Å². The number of nitrogens with one attached hydrogen (secondary N) is 3. The molecular formula is C31H40ClN3O5. The number of para-hydroxylation sites is 1. The highest BCUT2D eigenvalue weighted by Crippen LogP contribution is 2.42. The Morgan fingerprint density at radius 1 is 0.950 bits per heavy atom. The van der Waals surface area contributed by atoms with Crippen molar-refractivity contribution in [1.82, 2.24) is 16.0 Å². The maximum Gasteiger partial charge on any atom is 0.336 e. The van der Waals surface area contributed by atoms with Gasteiger partial charge >= 0.3 is 5.97 Å². The van der Waals surface area contributed by atoms with E-state index in [-0.39, 0.29) is 31.0 Å². The number of esters is 1. The summed E-state index contributed by atoms with van der Waals surface area (Å²) in [5.74, 6) is -0.572. The van der Waals surface area contributed by atoms with E-state index >= 15 is 0 Å². The van der Waals surface area contributed by atoms with Crippen LogP contribution in [0, 0.1) is 0 Å². The molecule has 1 aliphatic carbocycles. The van der Waals surface area contributed by atoms with Gasteiger partial charge in [-0.05, 0) is 45.2 Å². The van der Waals surface area contributed by atoms with Crippen LogP contribution in [0.25, 0.3) is 0 Å². The van der Waals surface area contributed by atoms with Gasteiger partial charge < -0.3 is 30.2 Å². The van der Waals surface area contributed by atoms with E-state index in [2.05, 4.69) is 16.0 Å². The average molecular weight is 570 g/mol. The Bertz CT molecular complexity index is 1190. The number of carbonyl (C=O) groups excluding carboxylic acids is 2. The van der Waals surface area contributed by atoms with Gasteiger partial charge in [0.15, 0.2) is 0 Å². The SMILES string of the molecule is C1COCCN1.CCOC(=O)C1=C(C)NC(C)=C(C(=O)NC2CC2)C1c1ccccc1OCc1ccccc1.Cl. The second-order valence-corrected chi connectivity index (χ2v) is 9.78. The van der Waals surface area contributed by atoms with Crippen molar-refractivity contribution in [2.45, 2.75) is 52.2 Å². The number of carbonyl (C=O) groups is 2. The summed E-state index contributed by atoms with van der Waals surface area (Å²) in [5.41, 5.74) is 4.15. The Hall–Kier alpha value is -3.33. The highest BCUT2D eigenvalue weighted by atomic mass is 35.5. The zero-order valence-corrected chi connectivity index (χ0v) is 24.3. The molecule has 216 valence electrons. The fraction of sp³-hybridized carbons (Fsp3) is 0.419. The number of hydrogen-bond donors (Lipinski definition) is 3. The summed E-state index contributed by atoms with van der Waals surface area (Å²) >= 11 is 0. The van der Waals surface area contributed by atoms with Crippen LogP contribution in [0.15, 0.2) is 77.1 Å². The first-order valence-corrected chi connectivity index (χ1v) is 13.7. The fourth-order valence-electron chi connectivity index (χ4n) is 4.68. The van der Waals surface area contributed by atoms with Gasteiger partial charge in [0.2, 0.25) is 5.91 Å². The Balaban J connectivity index is 0.000000559. The number of hydrogen-bond acceptors (Lipinski definition) is 7. The monoisotopic (exact) mass is 569 g/mol. The second-order valence-electron chi connectivity index (χ2n) is 9.78. The molecule has 2 aliphatic heterocycles. The van der Waals surface area contributed by atoms with Crippen LogP contribution in [0.3, 0.4) is 0 Å². The second kappa shape index (κ2) is 15.5. The van der Waals surface area contributed by atoms with E-state index in [1.165, 1.54) is 0 Å². The molecule has 0 bridgehead atoms. The van der Waals surface area contributed by atoms with Crippen LogP contribution in [0.4, 0.5) is 0 Å². The van der Waals surface area contributed by atoms with Gasteiger partial charge in [0.1, 0.15) is 12.4 Å². The molecule has 2 aromatic rings. The van der Waals surface area contributed by atoms with E-state index < -0.39 is 11.9 Å². The molecule has 0 spiro atoms. The lowest BCUT2D eigenvalue weighted by atomic mass is 9.79. The van der Waals surface area contributed by atoms with E-state index in [4.69, 9.17) is 14.2 Å². The summed E-state index contributed by atoms with van der Waals surface area (Å²) in [6.07, 6.45) is 1.96. The van der Waals surface area contributed by atoms with Crippen LogP contribution < -0.4 is 20.7 Å². The van der Waals surface area contributed by atoms with Crippen molar-refractivity contribution in [2.75, 3.05) is 32.9 Å². The molecule has 1 saturated heterocycles. The number of rotatable bonds is 8. The van der Waals surface area contributed by atoms with Crippen LogP contribution in [0.2, 0.25) is 0 Å². The summed E-state index contributed by atoms with van der Waals surface area (Å²) in [5, 5.41) is 9.47. The van der Waals surface area contributed by atoms with Gasteiger partial charge in [0.05, 0.1) is 31.3 Å². The predicted octanol–water partition coefficient (Wildman–Crippen LogP) is 4.37. The number of allylic oxidation sites excluding steroid dienone is 2. The van der Waals surface area contributed by atoms with Crippen molar-refractivity contribution in [3.05, 3.63) is 88.3 Å². The zero-order valence-electron chi connectivity index (χ0n) is 23.5. The summed E-state index contributed by atoms with van der Waals surface area (Å²) in [6, 6.07) is 17.7. The molecule has 1 amide bonds. The number of amides is 1. The first-order valence-electron chi connectivity index (χ1n) is 13.7. The van der Waals surface area contributed by atoms with Crippen molar-refractivity contribution >= 4 is 24.3 Å². The van der Waals surface area contributed by atoms with Gasteiger partial charge in [-0.15, -0.1) is 12.4 Å². The van der Waals surface area contributed by atoms with Crippen LogP contribution in [0.1, 0.15) is 50.7 Å². The quantitative estimate of drug-likeness (QED) is 0.406. The van der Waals surface area contributed by atoms with E-state index in [9.17, 15) is 9.59 Å². The van der Waals surface area contributed by atoms with E-state index in [1.807, 2.05) is 68.4 Å². The van der Waals surface area contributed by atoms with Crippen molar-refractivity contribution in [2.24, 2.45) is 0 Å². The van der Waals surface area contributed by atoms with Crippen LogP contribution >= 0.6 is 12.4 Å². The number of dihydropyridines is 1. The van der Waals surface area contributed by atoms with Gasteiger partial charge in [-0.25, -0.2) is 4.79 Å². The first-order chi connectivity index (χ1) is 19.0. The first kappa shape index (κ1) is 31.2. The fourth-order valence-corrected chi connectivity index (χ4v) is 4.68. The zero-order chi connectivity index (χ0) is 27.6. The molecule has 1 atom stereocenters. The molecule has 1 unspecified atom stereocenters. The van der Waals surface area contributed by atoms with Crippen LogP contribution in [-0.2, 0) is 25.7 Å². The normalized spacial score (nSPS) is 18.4. The molecule has 0 aromatic heterocycles. The van der Waals surface area contributed by atoms with Crippen LogP contribution in [0.5, 0.6) is 5.75 Å². The molecule has 1 saturated carbocycles. The average Bonchev–Trinajstić information content (AvgIpc) is 3.77. The van der Waals surface area contributed by atoms with E-state index in [0.29, 0.717) is 29.2 Å². The number of halogens is 1. The molecule has 2 aromatic carbocycles. The van der Waals surface area contributed by atoms with Gasteiger partial charge in [-0.2, -0.15) is 0 Å². The molecule has 2 fully saturated rings. The maximum absolute atomic E-state index is 13.3. The summed E-state index contributed by atoms with van der Waals surface area (Å²) in [7, 11) is 0. The molecule has 40 heavy (non-hydrogen) atoms. The predicted molar refractivity (Wildman–Crippen MR) is 157 cm³/mol. The lowest BCUT2D eigenvalue weighted by Crippen LogP contribution is -2.37. The number of morpholine rings is 1. The van der Waals surface area contributed by atoms with Crippen molar-refractivity contribution < 1.29 is 23.8 Å². The minimum atomic E-state index is -0.601. The maximum atomic E-state index is 13.3.